The number of nitrogens with two attached hydrogens (primary N) is 1. The van der Waals surface area contributed by atoms with Gasteiger partial charge in [-0.15, -0.1) is 13.2 Å². The van der Waals surface area contributed by atoms with E-state index in [1.165, 1.54) is 0 Å². The predicted octanol–water partition coefficient (Wildman–Crippen LogP) is 7.27. The third-order valence-corrected chi connectivity index (χ3v) is 9.48. The highest BCUT2D eigenvalue weighted by atomic mass is 16.5. The molecular formula is C34H51NO4. The average molecular weight is 538 g/mol. The summed E-state index contributed by atoms with van der Waals surface area (Å²) >= 11 is 0. The second-order valence-corrected chi connectivity index (χ2v) is 12.6. The van der Waals surface area contributed by atoms with Crippen LogP contribution in [0.15, 0.2) is 73.9 Å². The SMILES string of the molecule is C=C[C@]1(C)CC[C@@H](C(=C)COC(=O)C[C@H](N)C(=O)OCC(=C)[C@@H]2CC[C@@](C)(C=C)[C@H](C(=C)C)C2)C[C@H]1C(=C)C. The van der Waals surface area contributed by atoms with E-state index in [9.17, 15) is 9.59 Å². The topological polar surface area (TPSA) is 78.6 Å². The molecule has 0 spiro atoms. The number of ether oxygens (including phenoxy) is 2. The Kier molecular flexibility index (Phi) is 11.4. The Balaban J connectivity index is 1.78. The summed E-state index contributed by atoms with van der Waals surface area (Å²) in [5.41, 5.74) is 10.0. The standard InChI is InChI=1S/C34H51NO4/c1-11-33(9)15-13-26(17-28(33)22(3)4)24(7)20-38-31(36)19-30(35)32(37)39-21-25(8)27-14-16-34(10,12-2)29(18-27)23(5)6/h11-12,26-30H,1-3,5,7-8,13-21,35H2,4,6,9-10H3/t26-,27-,28+,29+,30+,33-,34-/m1/s1. The van der Waals surface area contributed by atoms with Crippen molar-refractivity contribution in [2.75, 3.05) is 13.2 Å². The van der Waals surface area contributed by atoms with Crippen LogP contribution in [-0.4, -0.2) is 31.2 Å². The van der Waals surface area contributed by atoms with Crippen LogP contribution in [0.2, 0.25) is 0 Å². The number of allylic oxidation sites excluding steroid dienone is 4. The molecule has 0 unspecified atom stereocenters. The van der Waals surface area contributed by atoms with E-state index in [4.69, 9.17) is 15.2 Å². The van der Waals surface area contributed by atoms with Gasteiger partial charge in [-0.3, -0.25) is 9.59 Å². The summed E-state index contributed by atoms with van der Waals surface area (Å²) in [6, 6.07) is -1.09. The molecule has 0 heterocycles. The zero-order chi connectivity index (χ0) is 29.5. The molecule has 216 valence electrons. The lowest BCUT2D eigenvalue weighted by Crippen LogP contribution is -2.37. The first kappa shape index (κ1) is 32.6. The predicted molar refractivity (Wildman–Crippen MR) is 161 cm³/mol. The first-order valence-corrected chi connectivity index (χ1v) is 14.2. The molecule has 2 saturated carbocycles. The summed E-state index contributed by atoms with van der Waals surface area (Å²) in [6.45, 7) is 33.5. The summed E-state index contributed by atoms with van der Waals surface area (Å²) < 4.78 is 10.9. The van der Waals surface area contributed by atoms with Crippen LogP contribution in [0.3, 0.4) is 0 Å². The van der Waals surface area contributed by atoms with Crippen LogP contribution in [0.1, 0.15) is 72.6 Å². The van der Waals surface area contributed by atoms with Crippen molar-refractivity contribution in [1.82, 2.24) is 0 Å². The molecule has 0 saturated heterocycles. The number of esters is 2. The quantitative estimate of drug-likeness (QED) is 0.197. The van der Waals surface area contributed by atoms with Crippen LogP contribution in [0, 0.1) is 34.5 Å². The van der Waals surface area contributed by atoms with E-state index in [0.717, 1.165) is 60.8 Å². The van der Waals surface area contributed by atoms with Gasteiger partial charge in [0.05, 0.1) is 6.42 Å². The molecule has 0 aromatic rings. The maximum absolute atomic E-state index is 12.5. The summed E-state index contributed by atoms with van der Waals surface area (Å²) in [7, 11) is 0. The molecule has 2 aliphatic carbocycles. The van der Waals surface area contributed by atoms with Gasteiger partial charge in [0, 0.05) is 0 Å². The van der Waals surface area contributed by atoms with E-state index in [1.807, 2.05) is 12.2 Å². The van der Waals surface area contributed by atoms with Gasteiger partial charge >= 0.3 is 11.9 Å². The molecule has 2 aliphatic rings. The van der Waals surface area contributed by atoms with Gasteiger partial charge in [0.2, 0.25) is 0 Å². The molecule has 0 amide bonds. The van der Waals surface area contributed by atoms with Gasteiger partial charge < -0.3 is 15.2 Å². The highest BCUT2D eigenvalue weighted by Crippen LogP contribution is 2.49. The molecule has 0 radical (unpaired) electrons. The first-order valence-electron chi connectivity index (χ1n) is 14.2. The number of hydrogen-bond donors (Lipinski definition) is 1. The minimum Gasteiger partial charge on any atom is -0.461 e. The minimum absolute atomic E-state index is 0.0166. The summed E-state index contributed by atoms with van der Waals surface area (Å²) in [5, 5.41) is 0. The molecule has 0 aromatic carbocycles. The van der Waals surface area contributed by atoms with Gasteiger partial charge in [-0.05, 0) is 98.0 Å². The van der Waals surface area contributed by atoms with Gasteiger partial charge in [-0.25, -0.2) is 0 Å². The van der Waals surface area contributed by atoms with Crippen LogP contribution in [0.25, 0.3) is 0 Å². The molecule has 5 heteroatoms. The van der Waals surface area contributed by atoms with Crippen molar-refractivity contribution in [3.63, 3.8) is 0 Å². The van der Waals surface area contributed by atoms with Crippen molar-refractivity contribution < 1.29 is 19.1 Å². The Hall–Kier alpha value is -2.66. The molecule has 2 fully saturated rings. The van der Waals surface area contributed by atoms with Gasteiger partial charge in [0.25, 0.3) is 0 Å². The van der Waals surface area contributed by atoms with E-state index in [2.05, 4.69) is 67.2 Å². The summed E-state index contributed by atoms with van der Waals surface area (Å²) in [4.78, 5) is 24.9. The van der Waals surface area contributed by atoms with Crippen molar-refractivity contribution in [2.45, 2.75) is 78.7 Å². The van der Waals surface area contributed by atoms with E-state index in [-0.39, 0.29) is 42.3 Å². The fraction of sp³-hybridized carbons (Fsp3) is 0.588. The Morgan fingerprint density at radius 1 is 0.846 bits per heavy atom. The van der Waals surface area contributed by atoms with Crippen molar-refractivity contribution in [3.8, 4) is 0 Å². The third kappa shape index (κ3) is 8.17. The molecule has 0 bridgehead atoms. The van der Waals surface area contributed by atoms with Crippen LogP contribution < -0.4 is 5.73 Å². The fourth-order valence-electron chi connectivity index (χ4n) is 6.42. The average Bonchev–Trinajstić information content (AvgIpc) is 2.90. The molecule has 0 aliphatic heterocycles. The maximum atomic E-state index is 12.5. The minimum atomic E-state index is -1.09. The normalized spacial score (nSPS) is 31.3. The zero-order valence-corrected chi connectivity index (χ0v) is 24.9. The highest BCUT2D eigenvalue weighted by molar-refractivity contribution is 5.82. The van der Waals surface area contributed by atoms with Crippen molar-refractivity contribution in [2.24, 2.45) is 40.2 Å². The van der Waals surface area contributed by atoms with Gasteiger partial charge in [0.1, 0.15) is 19.3 Å². The third-order valence-electron chi connectivity index (χ3n) is 9.48. The number of carbonyl (C=O) groups is 2. The van der Waals surface area contributed by atoms with E-state index in [1.54, 1.807) is 0 Å². The van der Waals surface area contributed by atoms with Gasteiger partial charge in [-0.1, -0.05) is 63.5 Å². The monoisotopic (exact) mass is 537 g/mol. The maximum Gasteiger partial charge on any atom is 0.323 e. The van der Waals surface area contributed by atoms with Crippen LogP contribution >= 0.6 is 0 Å². The lowest BCUT2D eigenvalue weighted by Gasteiger charge is -2.43. The Morgan fingerprint density at radius 3 is 1.64 bits per heavy atom. The summed E-state index contributed by atoms with van der Waals surface area (Å²) in [5.74, 6) is -0.0804. The fourth-order valence-corrected chi connectivity index (χ4v) is 6.42. The second kappa shape index (κ2) is 13.6. The smallest absolute Gasteiger partial charge is 0.323 e. The lowest BCUT2D eigenvalue weighted by molar-refractivity contribution is -0.151. The highest BCUT2D eigenvalue weighted by Gasteiger charge is 2.40. The molecular weight excluding hydrogens is 486 g/mol. The van der Waals surface area contributed by atoms with E-state index < -0.39 is 18.0 Å². The van der Waals surface area contributed by atoms with Crippen LogP contribution in [0.5, 0.6) is 0 Å². The van der Waals surface area contributed by atoms with E-state index >= 15 is 0 Å². The molecule has 39 heavy (non-hydrogen) atoms. The summed E-state index contributed by atoms with van der Waals surface area (Å²) in [6.07, 6.45) is 9.50. The number of hydrogen-bond acceptors (Lipinski definition) is 5. The molecule has 5 nitrogen and oxygen atoms in total. The molecule has 0 aromatic heterocycles. The van der Waals surface area contributed by atoms with Gasteiger partial charge in [-0.2, -0.15) is 0 Å². The Morgan fingerprint density at radius 2 is 1.26 bits per heavy atom. The zero-order valence-electron chi connectivity index (χ0n) is 24.9. The number of rotatable bonds is 13. The molecule has 2 rings (SSSR count). The van der Waals surface area contributed by atoms with Crippen LogP contribution in [-0.2, 0) is 19.1 Å². The Bertz CT molecular complexity index is 1010. The lowest BCUT2D eigenvalue weighted by atomic mass is 9.61. The van der Waals surface area contributed by atoms with Crippen molar-refractivity contribution in [3.05, 3.63) is 73.9 Å². The van der Waals surface area contributed by atoms with Gasteiger partial charge in [0.15, 0.2) is 0 Å². The number of carbonyl (C=O) groups excluding carboxylic acids is 2. The largest absolute Gasteiger partial charge is 0.461 e. The van der Waals surface area contributed by atoms with E-state index in [0.29, 0.717) is 11.8 Å². The van der Waals surface area contributed by atoms with Crippen molar-refractivity contribution in [1.29, 1.82) is 0 Å². The van der Waals surface area contributed by atoms with Crippen LogP contribution in [0.4, 0.5) is 0 Å². The first-order chi connectivity index (χ1) is 18.2. The molecule has 2 N–H and O–H groups in total. The Labute approximate surface area is 237 Å². The van der Waals surface area contributed by atoms with Crippen molar-refractivity contribution >= 4 is 11.9 Å². The second-order valence-electron chi connectivity index (χ2n) is 12.6. The molecule has 7 atom stereocenters.